The van der Waals surface area contributed by atoms with E-state index in [1.165, 1.54) is 33.9 Å². The Morgan fingerprint density at radius 2 is 2.36 bits per heavy atom. The molecule has 0 radical (unpaired) electrons. The van der Waals surface area contributed by atoms with Crippen molar-refractivity contribution in [3.8, 4) is 11.1 Å². The van der Waals surface area contributed by atoms with Crippen LogP contribution < -0.4 is 5.32 Å². The maximum absolute atomic E-state index is 4.15. The maximum Gasteiger partial charge on any atom is 0.0485 e. The third kappa shape index (κ3) is 1.13. The number of rotatable bonds is 1. The highest BCUT2D eigenvalue weighted by atomic mass is 32.1. The van der Waals surface area contributed by atoms with E-state index in [2.05, 4.69) is 33.3 Å². The molecule has 1 N–H and O–H groups in total. The van der Waals surface area contributed by atoms with Gasteiger partial charge in [0.25, 0.3) is 0 Å². The molecule has 3 heteroatoms. The highest BCUT2D eigenvalue weighted by Gasteiger charge is 2.14. The molecule has 2 heterocycles. The summed E-state index contributed by atoms with van der Waals surface area (Å²) in [4.78, 5) is 0. The van der Waals surface area contributed by atoms with E-state index in [0.29, 0.717) is 0 Å². The summed E-state index contributed by atoms with van der Waals surface area (Å²) in [7, 11) is 0. The van der Waals surface area contributed by atoms with E-state index >= 15 is 0 Å². The Bertz CT molecular complexity index is 448. The fraction of sp³-hybridized carbons (Fsp3) is 0.182. The number of anilines is 1. The molecule has 1 aliphatic rings. The molecule has 0 amide bonds. The van der Waals surface area contributed by atoms with Gasteiger partial charge in [-0.25, -0.2) is 4.37 Å². The SMILES string of the molecule is c1cc2c(c(-c3cnsc3)c1)CCN2. The van der Waals surface area contributed by atoms with Crippen molar-refractivity contribution >= 4 is 17.2 Å². The molecule has 0 saturated carbocycles. The summed E-state index contributed by atoms with van der Waals surface area (Å²) < 4.78 is 4.15. The van der Waals surface area contributed by atoms with Gasteiger partial charge in [-0.15, -0.1) is 0 Å². The minimum atomic E-state index is 1.06. The number of nitrogens with one attached hydrogen (secondary N) is 1. The lowest BCUT2D eigenvalue weighted by Gasteiger charge is -2.04. The number of benzene rings is 1. The summed E-state index contributed by atoms with van der Waals surface area (Å²) in [5, 5.41) is 5.49. The lowest BCUT2D eigenvalue weighted by Crippen LogP contribution is -1.90. The van der Waals surface area contributed by atoms with Crippen LogP contribution in [0.1, 0.15) is 5.56 Å². The maximum atomic E-state index is 4.15. The van der Waals surface area contributed by atoms with Crippen LogP contribution in [0.25, 0.3) is 11.1 Å². The molecule has 3 rings (SSSR count). The fourth-order valence-corrected chi connectivity index (χ4v) is 2.49. The summed E-state index contributed by atoms with van der Waals surface area (Å²) >= 11 is 1.51. The van der Waals surface area contributed by atoms with Crippen molar-refractivity contribution in [2.45, 2.75) is 6.42 Å². The predicted octanol–water partition coefficient (Wildman–Crippen LogP) is 2.78. The van der Waals surface area contributed by atoms with E-state index in [-0.39, 0.29) is 0 Å². The topological polar surface area (TPSA) is 24.9 Å². The zero-order chi connectivity index (χ0) is 9.38. The third-order valence-corrected chi connectivity index (χ3v) is 3.20. The van der Waals surface area contributed by atoms with Crippen LogP contribution in [-0.4, -0.2) is 10.9 Å². The van der Waals surface area contributed by atoms with Crippen LogP contribution in [0.3, 0.4) is 0 Å². The van der Waals surface area contributed by atoms with Crippen molar-refractivity contribution in [2.75, 3.05) is 11.9 Å². The molecule has 14 heavy (non-hydrogen) atoms. The first-order valence-electron chi connectivity index (χ1n) is 4.70. The summed E-state index contributed by atoms with van der Waals surface area (Å²) in [6, 6.07) is 6.42. The first-order chi connectivity index (χ1) is 6.95. The molecule has 0 aliphatic carbocycles. The molecule has 1 aromatic carbocycles. The molecule has 2 nitrogen and oxygen atoms in total. The normalized spacial score (nSPS) is 13.7. The first-order valence-corrected chi connectivity index (χ1v) is 5.54. The van der Waals surface area contributed by atoms with Crippen LogP contribution in [0.4, 0.5) is 5.69 Å². The van der Waals surface area contributed by atoms with Crippen LogP contribution >= 0.6 is 11.5 Å². The van der Waals surface area contributed by atoms with Gasteiger partial charge in [0.2, 0.25) is 0 Å². The third-order valence-electron chi connectivity index (χ3n) is 2.61. The molecule has 0 fully saturated rings. The fourth-order valence-electron chi connectivity index (χ4n) is 1.95. The second kappa shape index (κ2) is 3.10. The van der Waals surface area contributed by atoms with Gasteiger partial charge < -0.3 is 5.32 Å². The van der Waals surface area contributed by atoms with E-state index in [9.17, 15) is 0 Å². The van der Waals surface area contributed by atoms with Crippen LogP contribution in [0, 0.1) is 0 Å². The number of hydrogen-bond acceptors (Lipinski definition) is 3. The molecule has 1 aliphatic heterocycles. The second-order valence-corrected chi connectivity index (χ2v) is 4.08. The Morgan fingerprint density at radius 3 is 3.21 bits per heavy atom. The first kappa shape index (κ1) is 8.00. The van der Waals surface area contributed by atoms with Gasteiger partial charge in [-0.3, -0.25) is 0 Å². The van der Waals surface area contributed by atoms with Crippen molar-refractivity contribution < 1.29 is 0 Å². The molecule has 0 spiro atoms. The molecular formula is C11H10N2S. The highest BCUT2D eigenvalue weighted by Crippen LogP contribution is 2.32. The van der Waals surface area contributed by atoms with Crippen LogP contribution in [0.2, 0.25) is 0 Å². The van der Waals surface area contributed by atoms with Crippen molar-refractivity contribution in [1.82, 2.24) is 4.37 Å². The predicted molar refractivity (Wildman–Crippen MR) is 59.7 cm³/mol. The van der Waals surface area contributed by atoms with Gasteiger partial charge in [-0.1, -0.05) is 12.1 Å². The number of nitrogens with zero attached hydrogens (tertiary/aromatic N) is 1. The van der Waals surface area contributed by atoms with Crippen LogP contribution in [-0.2, 0) is 6.42 Å². The highest BCUT2D eigenvalue weighted by molar-refractivity contribution is 7.03. The summed E-state index contributed by atoms with van der Waals surface area (Å²) in [5.74, 6) is 0. The monoisotopic (exact) mass is 202 g/mol. The van der Waals surface area contributed by atoms with E-state index in [1.54, 1.807) is 0 Å². The van der Waals surface area contributed by atoms with Crippen molar-refractivity contribution in [3.63, 3.8) is 0 Å². The van der Waals surface area contributed by atoms with Gasteiger partial charge in [0.05, 0.1) is 0 Å². The van der Waals surface area contributed by atoms with E-state index in [0.717, 1.165) is 13.0 Å². The molecule has 1 aromatic heterocycles. The lowest BCUT2D eigenvalue weighted by atomic mass is 10.0. The van der Waals surface area contributed by atoms with E-state index in [1.807, 2.05) is 6.20 Å². The number of fused-ring (bicyclic) bond motifs is 1. The Balaban J connectivity index is 2.20. The van der Waals surface area contributed by atoms with E-state index < -0.39 is 0 Å². The molecule has 0 saturated heterocycles. The average molecular weight is 202 g/mol. The van der Waals surface area contributed by atoms with Crippen LogP contribution in [0.5, 0.6) is 0 Å². The average Bonchev–Trinajstić information content (AvgIpc) is 2.88. The van der Waals surface area contributed by atoms with Gasteiger partial charge in [0.15, 0.2) is 0 Å². The Morgan fingerprint density at radius 1 is 1.36 bits per heavy atom. The zero-order valence-electron chi connectivity index (χ0n) is 7.66. The number of hydrogen-bond donors (Lipinski definition) is 1. The van der Waals surface area contributed by atoms with Gasteiger partial charge in [0, 0.05) is 29.4 Å². The van der Waals surface area contributed by atoms with Crippen molar-refractivity contribution in [3.05, 3.63) is 35.3 Å². The molecule has 0 atom stereocenters. The molecule has 70 valence electrons. The van der Waals surface area contributed by atoms with Gasteiger partial charge >= 0.3 is 0 Å². The standard InChI is InChI=1S/C11H10N2S/c1-2-9(8-6-13-14-7-8)10-4-5-12-11(10)3-1/h1-3,6-7,12H,4-5H2. The smallest absolute Gasteiger partial charge is 0.0485 e. The quantitative estimate of drug-likeness (QED) is 0.769. The summed E-state index contributed by atoms with van der Waals surface area (Å²) in [6.45, 7) is 1.06. The Kier molecular flexibility index (Phi) is 1.77. The summed E-state index contributed by atoms with van der Waals surface area (Å²) in [6.07, 6.45) is 3.07. The largest absolute Gasteiger partial charge is 0.384 e. The van der Waals surface area contributed by atoms with Crippen LogP contribution in [0.15, 0.2) is 29.8 Å². The minimum absolute atomic E-state index is 1.06. The number of aromatic nitrogens is 1. The minimum Gasteiger partial charge on any atom is -0.384 e. The van der Waals surface area contributed by atoms with Crippen molar-refractivity contribution in [2.24, 2.45) is 0 Å². The van der Waals surface area contributed by atoms with Gasteiger partial charge in [-0.05, 0) is 35.1 Å². The second-order valence-electron chi connectivity index (χ2n) is 3.42. The van der Waals surface area contributed by atoms with Gasteiger partial charge in [0.1, 0.15) is 0 Å². The Labute approximate surface area is 86.8 Å². The zero-order valence-corrected chi connectivity index (χ0v) is 8.47. The van der Waals surface area contributed by atoms with Gasteiger partial charge in [-0.2, -0.15) is 0 Å². The van der Waals surface area contributed by atoms with Crippen molar-refractivity contribution in [1.29, 1.82) is 0 Å². The van der Waals surface area contributed by atoms with E-state index in [4.69, 9.17) is 0 Å². The summed E-state index contributed by atoms with van der Waals surface area (Å²) in [5.41, 5.74) is 5.30. The molecule has 0 bridgehead atoms. The lowest BCUT2D eigenvalue weighted by molar-refractivity contribution is 1.11. The molecule has 2 aromatic rings. The molecule has 0 unspecified atom stereocenters. The molecular weight excluding hydrogens is 192 g/mol. The Hall–Kier alpha value is -1.35.